The number of hydrogen-bond donors (Lipinski definition) is 1. The molecule has 4 nitrogen and oxygen atoms in total. The Hall–Kier alpha value is -2.40. The number of nitrogens with one attached hydrogen (secondary N) is 1. The Morgan fingerprint density at radius 3 is 2.29 bits per heavy atom. The molecular weight excluding hydrogens is 379 g/mol. The van der Waals surface area contributed by atoms with E-state index in [0.29, 0.717) is 16.1 Å². The van der Waals surface area contributed by atoms with Gasteiger partial charge in [0.2, 0.25) is 11.8 Å². The molecule has 2 aromatic carbocycles. The van der Waals surface area contributed by atoms with Crippen molar-refractivity contribution in [3.05, 3.63) is 70.5 Å². The fourth-order valence-corrected chi connectivity index (χ4v) is 2.97. The Bertz CT molecular complexity index is 828. The number of rotatable bonds is 8. The monoisotopic (exact) mass is 404 g/mol. The van der Waals surface area contributed by atoms with E-state index in [4.69, 9.17) is 11.6 Å². The molecule has 6 heteroatoms. The van der Waals surface area contributed by atoms with Gasteiger partial charge in [-0.3, -0.25) is 9.59 Å². The van der Waals surface area contributed by atoms with Gasteiger partial charge in [-0.05, 0) is 38.0 Å². The zero-order valence-electron chi connectivity index (χ0n) is 16.4. The normalized spacial score (nSPS) is 12.9. The summed E-state index contributed by atoms with van der Waals surface area (Å²) in [5.74, 6) is -0.964. The third-order valence-corrected chi connectivity index (χ3v) is 5.14. The fourth-order valence-electron chi connectivity index (χ4n) is 2.76. The molecule has 0 aliphatic carbocycles. The second kappa shape index (κ2) is 10.2. The van der Waals surface area contributed by atoms with E-state index in [-0.39, 0.29) is 30.8 Å². The van der Waals surface area contributed by atoms with E-state index in [1.165, 1.54) is 11.0 Å². The van der Waals surface area contributed by atoms with Crippen LogP contribution in [0.5, 0.6) is 0 Å². The van der Waals surface area contributed by atoms with Crippen molar-refractivity contribution in [1.29, 1.82) is 0 Å². The summed E-state index contributed by atoms with van der Waals surface area (Å²) < 4.78 is 14.2. The van der Waals surface area contributed by atoms with Crippen molar-refractivity contribution < 1.29 is 14.0 Å². The number of carbonyl (C=O) groups excluding carboxylic acids is 2. The summed E-state index contributed by atoms with van der Waals surface area (Å²) >= 11 is 6.18. The number of halogens is 2. The predicted molar refractivity (Wildman–Crippen MR) is 109 cm³/mol. The van der Waals surface area contributed by atoms with Crippen LogP contribution in [0.4, 0.5) is 4.39 Å². The average Bonchev–Trinajstić information content (AvgIpc) is 2.68. The van der Waals surface area contributed by atoms with E-state index < -0.39 is 11.9 Å². The van der Waals surface area contributed by atoms with E-state index in [2.05, 4.69) is 5.32 Å². The van der Waals surface area contributed by atoms with Crippen molar-refractivity contribution in [3.63, 3.8) is 0 Å². The molecule has 2 atom stereocenters. The highest BCUT2D eigenvalue weighted by Gasteiger charge is 2.27. The first-order chi connectivity index (χ1) is 13.3. The molecule has 0 fully saturated rings. The lowest BCUT2D eigenvalue weighted by molar-refractivity contribution is -0.140. The SMILES string of the molecule is CC[C@@H](C)NC(=O)[C@@H](C)N(Cc1ccccc1F)C(=O)Cc1ccccc1Cl. The van der Waals surface area contributed by atoms with Crippen molar-refractivity contribution in [2.75, 3.05) is 0 Å². The van der Waals surface area contributed by atoms with Gasteiger partial charge >= 0.3 is 0 Å². The minimum Gasteiger partial charge on any atom is -0.352 e. The van der Waals surface area contributed by atoms with Gasteiger partial charge < -0.3 is 10.2 Å². The van der Waals surface area contributed by atoms with Crippen molar-refractivity contribution in [2.45, 2.75) is 52.2 Å². The summed E-state index contributed by atoms with van der Waals surface area (Å²) in [4.78, 5) is 27.1. The van der Waals surface area contributed by atoms with Crippen LogP contribution in [-0.4, -0.2) is 28.8 Å². The quantitative estimate of drug-likeness (QED) is 0.710. The van der Waals surface area contributed by atoms with Gasteiger partial charge in [0, 0.05) is 23.2 Å². The van der Waals surface area contributed by atoms with Crippen LogP contribution < -0.4 is 5.32 Å². The number of carbonyl (C=O) groups is 2. The van der Waals surface area contributed by atoms with Crippen LogP contribution >= 0.6 is 11.6 Å². The lowest BCUT2D eigenvalue weighted by atomic mass is 10.1. The van der Waals surface area contributed by atoms with Gasteiger partial charge in [-0.25, -0.2) is 4.39 Å². The highest BCUT2D eigenvalue weighted by atomic mass is 35.5. The molecule has 2 rings (SSSR count). The molecule has 0 unspecified atom stereocenters. The zero-order valence-corrected chi connectivity index (χ0v) is 17.2. The van der Waals surface area contributed by atoms with E-state index in [9.17, 15) is 14.0 Å². The van der Waals surface area contributed by atoms with Crippen LogP contribution in [0.1, 0.15) is 38.3 Å². The van der Waals surface area contributed by atoms with Gasteiger partial charge in [0.05, 0.1) is 6.42 Å². The molecule has 0 spiro atoms. The van der Waals surface area contributed by atoms with Crippen molar-refractivity contribution >= 4 is 23.4 Å². The highest BCUT2D eigenvalue weighted by molar-refractivity contribution is 6.31. The third kappa shape index (κ3) is 5.80. The topological polar surface area (TPSA) is 49.4 Å². The maximum absolute atomic E-state index is 14.2. The van der Waals surface area contributed by atoms with Crippen LogP contribution in [0.15, 0.2) is 48.5 Å². The molecule has 0 radical (unpaired) electrons. The average molecular weight is 405 g/mol. The summed E-state index contributed by atoms with van der Waals surface area (Å²) in [7, 11) is 0. The molecule has 0 aliphatic heterocycles. The summed E-state index contributed by atoms with van der Waals surface area (Å²) in [6.07, 6.45) is 0.814. The number of benzene rings is 2. The molecule has 2 amide bonds. The number of nitrogens with zero attached hydrogens (tertiary/aromatic N) is 1. The Morgan fingerprint density at radius 2 is 1.68 bits per heavy atom. The second-order valence-electron chi connectivity index (χ2n) is 6.88. The van der Waals surface area contributed by atoms with Crippen LogP contribution in [-0.2, 0) is 22.6 Å². The minimum absolute atomic E-state index is 0.00501. The van der Waals surface area contributed by atoms with E-state index in [1.807, 2.05) is 13.8 Å². The summed E-state index contributed by atoms with van der Waals surface area (Å²) in [5, 5.41) is 3.37. The van der Waals surface area contributed by atoms with Gasteiger partial charge in [-0.1, -0.05) is 54.9 Å². The summed E-state index contributed by atoms with van der Waals surface area (Å²) in [5.41, 5.74) is 1.03. The van der Waals surface area contributed by atoms with E-state index >= 15 is 0 Å². The summed E-state index contributed by atoms with van der Waals surface area (Å²) in [6.45, 7) is 5.53. The predicted octanol–water partition coefficient (Wildman–Crippen LogP) is 4.35. The van der Waals surface area contributed by atoms with Crippen molar-refractivity contribution in [1.82, 2.24) is 10.2 Å². The molecule has 150 valence electrons. The first-order valence-electron chi connectivity index (χ1n) is 9.40. The molecule has 0 heterocycles. The maximum atomic E-state index is 14.2. The molecule has 28 heavy (non-hydrogen) atoms. The van der Waals surface area contributed by atoms with Crippen LogP contribution in [0.2, 0.25) is 5.02 Å². The molecule has 1 N–H and O–H groups in total. The van der Waals surface area contributed by atoms with Crippen LogP contribution in [0.3, 0.4) is 0 Å². The molecule has 0 saturated heterocycles. The lowest BCUT2D eigenvalue weighted by Crippen LogP contribution is -2.50. The minimum atomic E-state index is -0.747. The van der Waals surface area contributed by atoms with Crippen molar-refractivity contribution in [2.24, 2.45) is 0 Å². The molecule has 0 saturated carbocycles. The molecule has 0 aliphatic rings. The standard InChI is InChI=1S/C22H26ClFN2O2/c1-4-15(2)25-22(28)16(3)26(14-18-10-6-8-12-20(18)24)21(27)13-17-9-5-7-11-19(17)23/h5-12,15-16H,4,13-14H2,1-3H3,(H,25,28)/t15-,16-/m1/s1. The van der Waals surface area contributed by atoms with Gasteiger partial charge in [0.25, 0.3) is 0 Å². The summed E-state index contributed by atoms with van der Waals surface area (Å²) in [6, 6.07) is 12.6. The van der Waals surface area contributed by atoms with E-state index in [0.717, 1.165) is 6.42 Å². The van der Waals surface area contributed by atoms with Crippen molar-refractivity contribution in [3.8, 4) is 0 Å². The fraction of sp³-hybridized carbons (Fsp3) is 0.364. The Labute approximate surface area is 170 Å². The maximum Gasteiger partial charge on any atom is 0.242 e. The number of amides is 2. The first-order valence-corrected chi connectivity index (χ1v) is 9.77. The Morgan fingerprint density at radius 1 is 1.07 bits per heavy atom. The largest absolute Gasteiger partial charge is 0.352 e. The zero-order chi connectivity index (χ0) is 20.7. The van der Waals surface area contributed by atoms with Gasteiger partial charge in [0.1, 0.15) is 11.9 Å². The smallest absolute Gasteiger partial charge is 0.242 e. The molecule has 0 aromatic heterocycles. The van der Waals surface area contributed by atoms with Gasteiger partial charge in [-0.2, -0.15) is 0 Å². The Kier molecular flexibility index (Phi) is 8.00. The second-order valence-corrected chi connectivity index (χ2v) is 7.28. The Balaban J connectivity index is 2.26. The molecular formula is C22H26ClFN2O2. The first kappa shape index (κ1) is 21.9. The highest BCUT2D eigenvalue weighted by Crippen LogP contribution is 2.19. The number of hydrogen-bond acceptors (Lipinski definition) is 2. The third-order valence-electron chi connectivity index (χ3n) is 4.77. The van der Waals surface area contributed by atoms with E-state index in [1.54, 1.807) is 49.4 Å². The van der Waals surface area contributed by atoms with Gasteiger partial charge in [-0.15, -0.1) is 0 Å². The molecule has 0 bridgehead atoms. The van der Waals surface area contributed by atoms with Crippen LogP contribution in [0, 0.1) is 5.82 Å². The molecule has 2 aromatic rings. The van der Waals surface area contributed by atoms with Crippen LogP contribution in [0.25, 0.3) is 0 Å². The lowest BCUT2D eigenvalue weighted by Gasteiger charge is -2.30. The van der Waals surface area contributed by atoms with Gasteiger partial charge in [0.15, 0.2) is 0 Å².